The molecule has 162 valence electrons. The van der Waals surface area contributed by atoms with Gasteiger partial charge < -0.3 is 5.32 Å². The van der Waals surface area contributed by atoms with Gasteiger partial charge in [0.1, 0.15) is 0 Å². The normalized spacial score (nSPS) is 17.9. The van der Waals surface area contributed by atoms with Gasteiger partial charge in [0, 0.05) is 37.8 Å². The largest absolute Gasteiger partial charge is 0.356 e. The van der Waals surface area contributed by atoms with Crippen molar-refractivity contribution >= 4 is 5.91 Å². The summed E-state index contributed by atoms with van der Waals surface area (Å²) in [6, 6.07) is 8.96. The number of nitrogens with zero attached hydrogens (tertiary/aromatic N) is 3. The van der Waals surface area contributed by atoms with Crippen LogP contribution in [0.15, 0.2) is 36.7 Å². The maximum atomic E-state index is 11.9. The Morgan fingerprint density at radius 3 is 2.43 bits per heavy atom. The molecule has 1 aromatic heterocycles. The zero-order valence-corrected chi connectivity index (χ0v) is 18.4. The van der Waals surface area contributed by atoms with Gasteiger partial charge in [0.15, 0.2) is 0 Å². The minimum atomic E-state index is 0.194. The summed E-state index contributed by atoms with van der Waals surface area (Å²) < 4.78 is 2.01. The van der Waals surface area contributed by atoms with Crippen LogP contribution in [0.4, 0.5) is 0 Å². The second-order valence-corrected chi connectivity index (χ2v) is 9.19. The molecule has 1 aliphatic carbocycles. The number of aryl methyl sites for hydroxylation is 2. The van der Waals surface area contributed by atoms with Crippen molar-refractivity contribution < 1.29 is 4.79 Å². The molecule has 0 atom stereocenters. The molecule has 1 amide bonds. The highest BCUT2D eigenvalue weighted by atomic mass is 16.1. The lowest BCUT2D eigenvalue weighted by Gasteiger charge is -2.31. The molecule has 2 fully saturated rings. The molecule has 1 saturated heterocycles. The number of carbonyl (C=O) groups excluding carboxylic acids is 1. The Balaban J connectivity index is 1.15. The number of nitrogens with one attached hydrogen (secondary N) is 1. The summed E-state index contributed by atoms with van der Waals surface area (Å²) in [7, 11) is 0. The Labute approximate surface area is 180 Å². The van der Waals surface area contributed by atoms with Crippen LogP contribution < -0.4 is 5.32 Å². The van der Waals surface area contributed by atoms with Crippen LogP contribution in [-0.4, -0.2) is 40.2 Å². The van der Waals surface area contributed by atoms with Crippen LogP contribution in [0.3, 0.4) is 0 Å². The highest BCUT2D eigenvalue weighted by molar-refractivity contribution is 5.76. The van der Waals surface area contributed by atoms with Crippen molar-refractivity contribution in [1.29, 1.82) is 0 Å². The standard InChI is InChI=1S/C25H36N4O/c1-2-29-19-24(17-27-29)18-28-13-11-22(12-14-28)15-21-5-3-20(4-6-21)9-10-25(30)26-16-23-7-8-23/h3-6,17,19,22-23H,2,7-16,18H2,1H3,(H,26,30). The van der Waals surface area contributed by atoms with E-state index in [0.717, 1.165) is 37.9 Å². The van der Waals surface area contributed by atoms with Crippen molar-refractivity contribution in [1.82, 2.24) is 20.0 Å². The third kappa shape index (κ3) is 6.43. The van der Waals surface area contributed by atoms with E-state index >= 15 is 0 Å². The van der Waals surface area contributed by atoms with Crippen LogP contribution in [0.5, 0.6) is 0 Å². The molecule has 1 aliphatic heterocycles. The number of carbonyl (C=O) groups is 1. The van der Waals surface area contributed by atoms with Gasteiger partial charge in [0.25, 0.3) is 0 Å². The molecule has 1 N–H and O–H groups in total. The van der Waals surface area contributed by atoms with Crippen LogP contribution in [0.1, 0.15) is 55.7 Å². The van der Waals surface area contributed by atoms with E-state index in [-0.39, 0.29) is 5.91 Å². The van der Waals surface area contributed by atoms with E-state index in [9.17, 15) is 4.79 Å². The van der Waals surface area contributed by atoms with Crippen LogP contribution in [0, 0.1) is 11.8 Å². The second-order valence-electron chi connectivity index (χ2n) is 9.19. The van der Waals surface area contributed by atoms with E-state index in [0.29, 0.717) is 6.42 Å². The number of hydrogen-bond donors (Lipinski definition) is 1. The van der Waals surface area contributed by atoms with Crippen molar-refractivity contribution in [3.05, 3.63) is 53.3 Å². The average molecular weight is 409 g/mol. The van der Waals surface area contributed by atoms with Gasteiger partial charge >= 0.3 is 0 Å². The Morgan fingerprint density at radius 1 is 1.03 bits per heavy atom. The number of likely N-dealkylation sites (tertiary alicyclic amines) is 1. The van der Waals surface area contributed by atoms with Crippen molar-refractivity contribution in [2.75, 3.05) is 19.6 Å². The molecule has 30 heavy (non-hydrogen) atoms. The molecular weight excluding hydrogens is 372 g/mol. The summed E-state index contributed by atoms with van der Waals surface area (Å²) in [5.41, 5.74) is 4.02. The molecule has 2 heterocycles. The summed E-state index contributed by atoms with van der Waals surface area (Å²) >= 11 is 0. The van der Waals surface area contributed by atoms with Gasteiger partial charge in [-0.3, -0.25) is 14.4 Å². The topological polar surface area (TPSA) is 50.2 Å². The molecule has 0 radical (unpaired) electrons. The monoisotopic (exact) mass is 408 g/mol. The summed E-state index contributed by atoms with van der Waals surface area (Å²) in [5.74, 6) is 1.72. The zero-order chi connectivity index (χ0) is 20.8. The SMILES string of the molecule is CCn1cc(CN2CCC(Cc3ccc(CCC(=O)NCC4CC4)cc3)CC2)cn1. The lowest BCUT2D eigenvalue weighted by molar-refractivity contribution is -0.121. The van der Waals surface area contributed by atoms with Crippen molar-refractivity contribution in [3.63, 3.8) is 0 Å². The van der Waals surface area contributed by atoms with Crippen molar-refractivity contribution in [2.45, 2.75) is 65.0 Å². The van der Waals surface area contributed by atoms with Crippen molar-refractivity contribution in [3.8, 4) is 0 Å². The zero-order valence-electron chi connectivity index (χ0n) is 18.4. The third-order valence-corrected chi connectivity index (χ3v) is 6.60. The average Bonchev–Trinajstić information content (AvgIpc) is 3.50. The fourth-order valence-corrected chi connectivity index (χ4v) is 4.37. The van der Waals surface area contributed by atoms with E-state index in [2.05, 4.69) is 52.7 Å². The smallest absolute Gasteiger partial charge is 0.220 e. The number of rotatable bonds is 10. The maximum absolute atomic E-state index is 11.9. The van der Waals surface area contributed by atoms with Gasteiger partial charge in [-0.2, -0.15) is 5.10 Å². The molecule has 1 aromatic carbocycles. The Kier molecular flexibility index (Phi) is 7.21. The number of amides is 1. The molecule has 5 heteroatoms. The summed E-state index contributed by atoms with van der Waals surface area (Å²) in [6.45, 7) is 7.32. The number of aromatic nitrogens is 2. The molecular formula is C25H36N4O. The van der Waals surface area contributed by atoms with E-state index in [4.69, 9.17) is 0 Å². The predicted molar refractivity (Wildman–Crippen MR) is 120 cm³/mol. The van der Waals surface area contributed by atoms with Crippen molar-refractivity contribution in [2.24, 2.45) is 11.8 Å². The number of piperidine rings is 1. The summed E-state index contributed by atoms with van der Waals surface area (Å²) in [4.78, 5) is 14.5. The quantitative estimate of drug-likeness (QED) is 0.650. The van der Waals surface area contributed by atoms with Gasteiger partial charge in [0.2, 0.25) is 5.91 Å². The van der Waals surface area contributed by atoms with Crippen LogP contribution in [-0.2, 0) is 30.7 Å². The number of benzene rings is 1. The van der Waals surface area contributed by atoms with Gasteiger partial charge in [0.05, 0.1) is 6.20 Å². The van der Waals surface area contributed by atoms with Gasteiger partial charge in [-0.05, 0) is 81.5 Å². The highest BCUT2D eigenvalue weighted by Gasteiger charge is 2.22. The number of hydrogen-bond acceptors (Lipinski definition) is 3. The Hall–Kier alpha value is -2.14. The molecule has 5 nitrogen and oxygen atoms in total. The predicted octanol–water partition coefficient (Wildman–Crippen LogP) is 3.82. The minimum absolute atomic E-state index is 0.194. The van der Waals surface area contributed by atoms with E-state index < -0.39 is 0 Å². The van der Waals surface area contributed by atoms with Gasteiger partial charge in [-0.25, -0.2) is 0 Å². The molecule has 2 aromatic rings. The Morgan fingerprint density at radius 2 is 1.77 bits per heavy atom. The molecule has 1 saturated carbocycles. The third-order valence-electron chi connectivity index (χ3n) is 6.60. The first-order valence-electron chi connectivity index (χ1n) is 11.8. The fourth-order valence-electron chi connectivity index (χ4n) is 4.37. The van der Waals surface area contributed by atoms with Gasteiger partial charge in [-0.15, -0.1) is 0 Å². The maximum Gasteiger partial charge on any atom is 0.220 e. The first-order valence-corrected chi connectivity index (χ1v) is 11.8. The molecule has 4 rings (SSSR count). The van der Waals surface area contributed by atoms with E-state index in [1.54, 1.807) is 0 Å². The van der Waals surface area contributed by atoms with Crippen LogP contribution in [0.25, 0.3) is 0 Å². The summed E-state index contributed by atoms with van der Waals surface area (Å²) in [5, 5.41) is 7.44. The van der Waals surface area contributed by atoms with Crippen LogP contribution >= 0.6 is 0 Å². The van der Waals surface area contributed by atoms with E-state index in [1.807, 2.05) is 10.9 Å². The minimum Gasteiger partial charge on any atom is -0.356 e. The molecule has 0 unspecified atom stereocenters. The molecule has 0 spiro atoms. The van der Waals surface area contributed by atoms with Gasteiger partial charge in [-0.1, -0.05) is 24.3 Å². The highest BCUT2D eigenvalue weighted by Crippen LogP contribution is 2.27. The lowest BCUT2D eigenvalue weighted by atomic mass is 9.89. The lowest BCUT2D eigenvalue weighted by Crippen LogP contribution is -2.33. The fraction of sp³-hybridized carbons (Fsp3) is 0.600. The van der Waals surface area contributed by atoms with Crippen LogP contribution in [0.2, 0.25) is 0 Å². The van der Waals surface area contributed by atoms with E-state index in [1.165, 1.54) is 61.9 Å². The summed E-state index contributed by atoms with van der Waals surface area (Å²) in [6.07, 6.45) is 11.9. The second kappa shape index (κ2) is 10.3. The Bertz CT molecular complexity index is 801. The first-order chi connectivity index (χ1) is 14.7. The molecule has 2 aliphatic rings. The first kappa shape index (κ1) is 21.1. The molecule has 0 bridgehead atoms.